The van der Waals surface area contributed by atoms with E-state index in [2.05, 4.69) is 26.1 Å². The molecular weight excluding hydrogens is 548 g/mol. The van der Waals surface area contributed by atoms with Gasteiger partial charge < -0.3 is 19.5 Å². The zero-order valence-corrected chi connectivity index (χ0v) is 25.4. The van der Waals surface area contributed by atoms with Gasteiger partial charge >= 0.3 is 5.97 Å². The number of esters is 1. The number of hydrogen-bond acceptors (Lipinski definition) is 7. The van der Waals surface area contributed by atoms with Gasteiger partial charge in [-0.1, -0.05) is 52.3 Å². The molecule has 3 heterocycles. The summed E-state index contributed by atoms with van der Waals surface area (Å²) in [5.41, 5.74) is 4.40. The van der Waals surface area contributed by atoms with Crippen LogP contribution in [-0.2, 0) is 17.6 Å². The van der Waals surface area contributed by atoms with Gasteiger partial charge in [-0.05, 0) is 72.9 Å². The number of thiophene rings is 1. The van der Waals surface area contributed by atoms with E-state index in [1.165, 1.54) is 16.2 Å². The van der Waals surface area contributed by atoms with E-state index in [-0.39, 0.29) is 24.1 Å². The molecular formula is C34H36N2O5S. The van der Waals surface area contributed by atoms with Crippen LogP contribution in [0.5, 0.6) is 11.5 Å². The fourth-order valence-corrected chi connectivity index (χ4v) is 7.16. The van der Waals surface area contributed by atoms with Crippen molar-refractivity contribution < 1.29 is 23.8 Å². The van der Waals surface area contributed by atoms with Gasteiger partial charge in [0, 0.05) is 15.8 Å². The highest BCUT2D eigenvalue weighted by molar-refractivity contribution is 7.17. The average Bonchev–Trinajstić information content (AvgIpc) is 3.62. The summed E-state index contributed by atoms with van der Waals surface area (Å²) in [7, 11) is 0. The molecule has 2 aromatic heterocycles. The van der Waals surface area contributed by atoms with Crippen molar-refractivity contribution in [1.82, 2.24) is 4.98 Å². The predicted molar refractivity (Wildman–Crippen MR) is 166 cm³/mol. The summed E-state index contributed by atoms with van der Waals surface area (Å²) >= 11 is 1.52. The lowest BCUT2D eigenvalue weighted by atomic mass is 9.69. The topological polar surface area (TPSA) is 86.8 Å². The molecule has 0 bridgehead atoms. The first kappa shape index (κ1) is 28.2. The number of anilines is 1. The molecule has 0 saturated carbocycles. The van der Waals surface area contributed by atoms with Crippen molar-refractivity contribution in [2.45, 2.75) is 59.8 Å². The molecule has 6 rings (SSSR count). The molecule has 2 aromatic carbocycles. The summed E-state index contributed by atoms with van der Waals surface area (Å²) < 4.78 is 16.7. The Bertz CT molecular complexity index is 1670. The fraction of sp³-hybridized carbons (Fsp3) is 0.382. The number of nitrogens with one attached hydrogen (secondary N) is 1. The number of rotatable bonds is 8. The molecule has 1 aliphatic heterocycles. The summed E-state index contributed by atoms with van der Waals surface area (Å²) in [6, 6.07) is 15.0. The number of para-hydroxylation sites is 1. The summed E-state index contributed by atoms with van der Waals surface area (Å²) in [5.74, 6) is 1.21. The second kappa shape index (κ2) is 11.4. The van der Waals surface area contributed by atoms with Crippen LogP contribution in [0.15, 0.2) is 48.5 Å². The number of pyridine rings is 1. The molecule has 218 valence electrons. The maximum Gasteiger partial charge on any atom is 0.341 e. The number of hydrogen-bond donors (Lipinski definition) is 1. The SMILES string of the molecule is CCCOC(=O)c1c(NC(=O)c2cc(-c3ccc4c(c3)OCO4)nc3ccccc23)sc2c1CCC(C(C)(C)CC)C2. The smallest absolute Gasteiger partial charge is 0.341 e. The number of fused-ring (bicyclic) bond motifs is 3. The highest BCUT2D eigenvalue weighted by Crippen LogP contribution is 2.46. The molecule has 1 unspecified atom stereocenters. The van der Waals surface area contributed by atoms with E-state index in [0.29, 0.717) is 51.4 Å². The lowest BCUT2D eigenvalue weighted by Crippen LogP contribution is -2.28. The lowest BCUT2D eigenvalue weighted by Gasteiger charge is -2.36. The fourth-order valence-electron chi connectivity index (χ4n) is 5.85. The number of nitrogens with zero attached hydrogens (tertiary/aromatic N) is 1. The van der Waals surface area contributed by atoms with Crippen LogP contribution in [0.2, 0.25) is 0 Å². The van der Waals surface area contributed by atoms with Crippen LogP contribution in [0.25, 0.3) is 22.2 Å². The van der Waals surface area contributed by atoms with Crippen LogP contribution in [-0.4, -0.2) is 30.3 Å². The molecule has 2 aliphatic rings. The monoisotopic (exact) mass is 584 g/mol. The van der Waals surface area contributed by atoms with Crippen LogP contribution in [0.3, 0.4) is 0 Å². The summed E-state index contributed by atoms with van der Waals surface area (Å²) in [4.78, 5) is 33.4. The van der Waals surface area contributed by atoms with E-state index in [1.54, 1.807) is 6.07 Å². The van der Waals surface area contributed by atoms with Gasteiger partial charge in [0.05, 0.1) is 28.9 Å². The largest absolute Gasteiger partial charge is 0.462 e. The normalized spacial score (nSPS) is 15.9. The van der Waals surface area contributed by atoms with Crippen LogP contribution >= 0.6 is 11.3 Å². The van der Waals surface area contributed by atoms with Gasteiger partial charge in [0.2, 0.25) is 6.79 Å². The van der Waals surface area contributed by atoms with Gasteiger partial charge in [-0.2, -0.15) is 0 Å². The third kappa shape index (κ3) is 5.24. The minimum atomic E-state index is -0.363. The van der Waals surface area contributed by atoms with Gasteiger partial charge in [0.25, 0.3) is 5.91 Å². The van der Waals surface area contributed by atoms with Crippen LogP contribution in [0, 0.1) is 11.3 Å². The molecule has 0 spiro atoms. The zero-order valence-electron chi connectivity index (χ0n) is 24.5. The minimum absolute atomic E-state index is 0.183. The molecule has 1 aliphatic carbocycles. The zero-order chi connectivity index (χ0) is 29.4. The molecule has 7 nitrogen and oxygen atoms in total. The maximum atomic E-state index is 14.0. The van der Waals surface area contributed by atoms with Crippen molar-refractivity contribution in [3.63, 3.8) is 0 Å². The van der Waals surface area contributed by atoms with Crippen molar-refractivity contribution in [3.05, 3.63) is 70.1 Å². The standard InChI is InChI=1S/C34H36N2O5S/c1-5-15-39-33(38)30-23-13-12-21(34(3,4)6-2)17-29(23)42-32(30)36-31(37)24-18-26(35-25-10-8-7-9-22(24)25)20-11-14-27-28(16-20)41-19-40-27/h7-11,14,16,18,21H,5-6,12-13,15,17,19H2,1-4H3,(H,36,37). The second-order valence-electron chi connectivity index (χ2n) is 11.7. The van der Waals surface area contributed by atoms with Gasteiger partial charge in [-0.15, -0.1) is 11.3 Å². The van der Waals surface area contributed by atoms with Crippen LogP contribution < -0.4 is 14.8 Å². The molecule has 42 heavy (non-hydrogen) atoms. The van der Waals surface area contributed by atoms with Crippen molar-refractivity contribution in [2.24, 2.45) is 11.3 Å². The first-order valence-corrected chi connectivity index (χ1v) is 15.5. The number of carbonyl (C=O) groups is 2. The average molecular weight is 585 g/mol. The Morgan fingerprint density at radius 1 is 1.10 bits per heavy atom. The summed E-state index contributed by atoms with van der Waals surface area (Å²) in [5, 5.41) is 4.43. The van der Waals surface area contributed by atoms with E-state index in [4.69, 9.17) is 19.2 Å². The van der Waals surface area contributed by atoms with Gasteiger partial charge in [-0.3, -0.25) is 4.79 Å². The lowest BCUT2D eigenvalue weighted by molar-refractivity contribution is 0.0505. The molecule has 1 amide bonds. The first-order chi connectivity index (χ1) is 20.3. The maximum absolute atomic E-state index is 14.0. The quantitative estimate of drug-likeness (QED) is 0.211. The van der Waals surface area contributed by atoms with Crippen molar-refractivity contribution in [3.8, 4) is 22.8 Å². The van der Waals surface area contributed by atoms with E-state index < -0.39 is 0 Å². The van der Waals surface area contributed by atoms with Crippen molar-refractivity contribution in [1.29, 1.82) is 0 Å². The van der Waals surface area contributed by atoms with Gasteiger partial charge in [-0.25, -0.2) is 9.78 Å². The van der Waals surface area contributed by atoms with Crippen LogP contribution in [0.4, 0.5) is 5.00 Å². The van der Waals surface area contributed by atoms with Crippen molar-refractivity contribution >= 4 is 39.1 Å². The highest BCUT2D eigenvalue weighted by atomic mass is 32.1. The van der Waals surface area contributed by atoms with Crippen LogP contribution in [0.1, 0.15) is 78.1 Å². The molecule has 0 radical (unpaired) electrons. The number of aromatic nitrogens is 1. The van der Waals surface area contributed by atoms with Gasteiger partial charge in [0.1, 0.15) is 5.00 Å². The Morgan fingerprint density at radius 2 is 1.90 bits per heavy atom. The molecule has 1 N–H and O–H groups in total. The first-order valence-electron chi connectivity index (χ1n) is 14.7. The number of benzene rings is 2. The van der Waals surface area contributed by atoms with E-state index in [9.17, 15) is 9.59 Å². The van der Waals surface area contributed by atoms with E-state index in [1.807, 2.05) is 49.4 Å². The van der Waals surface area contributed by atoms with Crippen molar-refractivity contribution in [2.75, 3.05) is 18.7 Å². The Hall–Kier alpha value is -3.91. The molecule has 1 atom stereocenters. The Morgan fingerprint density at radius 3 is 2.71 bits per heavy atom. The molecule has 4 aromatic rings. The predicted octanol–water partition coefficient (Wildman–Crippen LogP) is 8.05. The highest BCUT2D eigenvalue weighted by Gasteiger charge is 2.36. The molecule has 0 fully saturated rings. The Labute approximate surface area is 250 Å². The van der Waals surface area contributed by atoms with E-state index >= 15 is 0 Å². The number of carbonyl (C=O) groups excluding carboxylic acids is 2. The molecule has 8 heteroatoms. The Balaban J connectivity index is 1.38. The Kier molecular flexibility index (Phi) is 7.66. The summed E-state index contributed by atoms with van der Waals surface area (Å²) in [6.07, 6.45) is 4.54. The number of amides is 1. The third-order valence-corrected chi connectivity index (χ3v) is 9.95. The molecule has 0 saturated heterocycles. The minimum Gasteiger partial charge on any atom is -0.462 e. The third-order valence-electron chi connectivity index (χ3n) is 8.78. The van der Waals surface area contributed by atoms with Gasteiger partial charge in [0.15, 0.2) is 11.5 Å². The van der Waals surface area contributed by atoms with E-state index in [0.717, 1.165) is 48.6 Å². The number of ether oxygens (including phenoxy) is 3. The second-order valence-corrected chi connectivity index (χ2v) is 12.8. The summed E-state index contributed by atoms with van der Waals surface area (Å²) in [6.45, 7) is 9.38.